The van der Waals surface area contributed by atoms with E-state index in [0.29, 0.717) is 16.5 Å². The number of carboxylic acid groups (broad SMARTS) is 1. The molecule has 5 nitrogen and oxygen atoms in total. The van der Waals surface area contributed by atoms with Crippen molar-refractivity contribution in [2.24, 2.45) is 0 Å². The minimum absolute atomic E-state index is 0.180. The van der Waals surface area contributed by atoms with E-state index in [1.807, 2.05) is 0 Å². The Labute approximate surface area is 79.2 Å². The van der Waals surface area contributed by atoms with Crippen LogP contribution in [0, 0.1) is 0 Å². The standard InChI is InChI=1S/C9H8N2O3/c12-5-6-4-11(9(13)14)8-3-10-2-1-7(6)8/h1-4,12H,5H2,(H,13,14). The van der Waals surface area contributed by atoms with Crippen molar-refractivity contribution in [2.75, 3.05) is 0 Å². The molecule has 2 N–H and O–H groups in total. The topological polar surface area (TPSA) is 75.3 Å². The Morgan fingerprint density at radius 3 is 3.00 bits per heavy atom. The molecule has 0 radical (unpaired) electrons. The second-order valence-electron chi connectivity index (χ2n) is 2.86. The minimum atomic E-state index is -1.08. The van der Waals surface area contributed by atoms with Crippen molar-refractivity contribution in [1.29, 1.82) is 0 Å². The predicted octanol–water partition coefficient (Wildman–Crippen LogP) is 1.05. The lowest BCUT2D eigenvalue weighted by atomic mass is 10.2. The third kappa shape index (κ3) is 1.14. The SMILES string of the molecule is O=C(O)n1cc(CO)c2ccncc21. The summed E-state index contributed by atoms with van der Waals surface area (Å²) in [6.07, 6.45) is 3.34. The maximum Gasteiger partial charge on any atom is 0.416 e. The van der Waals surface area contributed by atoms with Crippen LogP contribution in [0.15, 0.2) is 24.7 Å². The van der Waals surface area contributed by atoms with Crippen LogP contribution in [0.25, 0.3) is 10.9 Å². The average Bonchev–Trinajstić information content (AvgIpc) is 2.56. The number of hydrogen-bond donors (Lipinski definition) is 2. The maximum absolute atomic E-state index is 10.8. The summed E-state index contributed by atoms with van der Waals surface area (Å²) >= 11 is 0. The molecule has 2 aromatic rings. The summed E-state index contributed by atoms with van der Waals surface area (Å²) in [4.78, 5) is 14.6. The lowest BCUT2D eigenvalue weighted by Crippen LogP contribution is -2.05. The molecule has 2 aromatic heterocycles. The molecule has 0 spiro atoms. The number of aliphatic hydroxyl groups excluding tert-OH is 1. The zero-order valence-corrected chi connectivity index (χ0v) is 7.21. The molecule has 14 heavy (non-hydrogen) atoms. The minimum Gasteiger partial charge on any atom is -0.464 e. The molecular formula is C9H8N2O3. The molecule has 72 valence electrons. The van der Waals surface area contributed by atoms with Crippen LogP contribution < -0.4 is 0 Å². The van der Waals surface area contributed by atoms with E-state index in [2.05, 4.69) is 4.98 Å². The van der Waals surface area contributed by atoms with Crippen LogP contribution in [0.4, 0.5) is 4.79 Å². The van der Waals surface area contributed by atoms with Gasteiger partial charge in [0.1, 0.15) is 0 Å². The van der Waals surface area contributed by atoms with Gasteiger partial charge in [-0.15, -0.1) is 0 Å². The lowest BCUT2D eigenvalue weighted by Gasteiger charge is -1.94. The van der Waals surface area contributed by atoms with E-state index < -0.39 is 6.09 Å². The number of rotatable bonds is 1. The average molecular weight is 192 g/mol. The van der Waals surface area contributed by atoms with Gasteiger partial charge < -0.3 is 10.2 Å². The number of nitrogens with zero attached hydrogens (tertiary/aromatic N) is 2. The van der Waals surface area contributed by atoms with E-state index in [1.165, 1.54) is 12.4 Å². The highest BCUT2D eigenvalue weighted by atomic mass is 16.4. The van der Waals surface area contributed by atoms with Crippen LogP contribution >= 0.6 is 0 Å². The summed E-state index contributed by atoms with van der Waals surface area (Å²) in [5.74, 6) is 0. The van der Waals surface area contributed by atoms with Crippen LogP contribution in [0.1, 0.15) is 5.56 Å². The first-order chi connectivity index (χ1) is 6.74. The van der Waals surface area contributed by atoms with E-state index in [0.717, 1.165) is 4.57 Å². The maximum atomic E-state index is 10.8. The van der Waals surface area contributed by atoms with Gasteiger partial charge in [0, 0.05) is 23.3 Å². The summed E-state index contributed by atoms with van der Waals surface area (Å²) in [5, 5.41) is 18.6. The van der Waals surface area contributed by atoms with Crippen molar-refractivity contribution >= 4 is 17.0 Å². The zero-order chi connectivity index (χ0) is 10.1. The number of carbonyl (C=O) groups is 1. The van der Waals surface area contributed by atoms with Gasteiger partial charge in [-0.1, -0.05) is 0 Å². The molecule has 0 fully saturated rings. The molecular weight excluding hydrogens is 184 g/mol. The van der Waals surface area contributed by atoms with Crippen LogP contribution in [-0.2, 0) is 6.61 Å². The van der Waals surface area contributed by atoms with Gasteiger partial charge in [-0.05, 0) is 6.07 Å². The molecule has 0 aliphatic rings. The predicted molar refractivity (Wildman–Crippen MR) is 49.1 cm³/mol. The van der Waals surface area contributed by atoms with Gasteiger partial charge in [0.2, 0.25) is 0 Å². The van der Waals surface area contributed by atoms with Gasteiger partial charge in [0.15, 0.2) is 0 Å². The van der Waals surface area contributed by atoms with Crippen molar-refractivity contribution in [3.8, 4) is 0 Å². The molecule has 0 bridgehead atoms. The van der Waals surface area contributed by atoms with Crippen LogP contribution in [0.3, 0.4) is 0 Å². The van der Waals surface area contributed by atoms with Crippen LogP contribution in [-0.4, -0.2) is 25.9 Å². The van der Waals surface area contributed by atoms with Crippen molar-refractivity contribution < 1.29 is 15.0 Å². The van der Waals surface area contributed by atoms with Crippen molar-refractivity contribution in [1.82, 2.24) is 9.55 Å². The van der Waals surface area contributed by atoms with Gasteiger partial charge in [0.05, 0.1) is 18.3 Å². The monoisotopic (exact) mass is 192 g/mol. The van der Waals surface area contributed by atoms with Gasteiger partial charge >= 0.3 is 6.09 Å². The number of hydrogen-bond acceptors (Lipinski definition) is 3. The second kappa shape index (κ2) is 3.12. The highest BCUT2D eigenvalue weighted by Crippen LogP contribution is 2.19. The number of aromatic nitrogens is 2. The Hall–Kier alpha value is -1.88. The fourth-order valence-electron chi connectivity index (χ4n) is 1.43. The fourth-order valence-corrected chi connectivity index (χ4v) is 1.43. The van der Waals surface area contributed by atoms with E-state index >= 15 is 0 Å². The first kappa shape index (κ1) is 8.71. The lowest BCUT2D eigenvalue weighted by molar-refractivity contribution is 0.197. The molecule has 2 heterocycles. The molecule has 0 unspecified atom stereocenters. The van der Waals surface area contributed by atoms with E-state index in [4.69, 9.17) is 10.2 Å². The van der Waals surface area contributed by atoms with Crippen LogP contribution in [0.2, 0.25) is 0 Å². The third-order valence-electron chi connectivity index (χ3n) is 2.07. The summed E-state index contributed by atoms with van der Waals surface area (Å²) < 4.78 is 1.05. The normalized spacial score (nSPS) is 10.6. The Morgan fingerprint density at radius 1 is 1.57 bits per heavy atom. The summed E-state index contributed by atoms with van der Waals surface area (Å²) in [6.45, 7) is -0.180. The molecule has 0 amide bonds. The van der Waals surface area contributed by atoms with E-state index in [9.17, 15) is 4.79 Å². The van der Waals surface area contributed by atoms with Crippen molar-refractivity contribution in [2.45, 2.75) is 6.61 Å². The van der Waals surface area contributed by atoms with E-state index in [1.54, 1.807) is 12.3 Å². The number of pyridine rings is 1. The van der Waals surface area contributed by atoms with Gasteiger partial charge in [0.25, 0.3) is 0 Å². The molecule has 0 aromatic carbocycles. The van der Waals surface area contributed by atoms with Gasteiger partial charge in [-0.2, -0.15) is 0 Å². The van der Waals surface area contributed by atoms with Crippen LogP contribution in [0.5, 0.6) is 0 Å². The van der Waals surface area contributed by atoms with Gasteiger partial charge in [-0.3, -0.25) is 9.55 Å². The number of aliphatic hydroxyl groups is 1. The highest BCUT2D eigenvalue weighted by molar-refractivity contribution is 5.90. The summed E-state index contributed by atoms with van der Waals surface area (Å²) in [5.41, 5.74) is 1.08. The number of fused-ring (bicyclic) bond motifs is 1. The summed E-state index contributed by atoms with van der Waals surface area (Å²) in [6, 6.07) is 1.68. The Balaban J connectivity index is 2.80. The van der Waals surface area contributed by atoms with Crippen molar-refractivity contribution in [3.05, 3.63) is 30.2 Å². The molecule has 0 atom stereocenters. The molecule has 0 aliphatic heterocycles. The first-order valence-corrected chi connectivity index (χ1v) is 4.02. The molecule has 0 saturated carbocycles. The molecule has 0 saturated heterocycles. The van der Waals surface area contributed by atoms with Crippen molar-refractivity contribution in [3.63, 3.8) is 0 Å². The third-order valence-corrected chi connectivity index (χ3v) is 2.07. The molecule has 2 rings (SSSR count). The summed E-state index contributed by atoms with van der Waals surface area (Å²) in [7, 11) is 0. The zero-order valence-electron chi connectivity index (χ0n) is 7.21. The van der Waals surface area contributed by atoms with Gasteiger partial charge in [-0.25, -0.2) is 4.79 Å². The Morgan fingerprint density at radius 2 is 2.36 bits per heavy atom. The highest BCUT2D eigenvalue weighted by Gasteiger charge is 2.11. The fraction of sp³-hybridized carbons (Fsp3) is 0.111. The molecule has 5 heteroatoms. The largest absolute Gasteiger partial charge is 0.464 e. The Bertz CT molecular complexity index is 490. The first-order valence-electron chi connectivity index (χ1n) is 4.02. The van der Waals surface area contributed by atoms with E-state index in [-0.39, 0.29) is 6.61 Å². The molecule has 0 aliphatic carbocycles. The Kier molecular flexibility index (Phi) is 1.94. The smallest absolute Gasteiger partial charge is 0.416 e. The quantitative estimate of drug-likeness (QED) is 0.708. The second-order valence-corrected chi connectivity index (χ2v) is 2.86.